The molecule has 0 radical (unpaired) electrons. The highest BCUT2D eigenvalue weighted by Gasteiger charge is 2.35. The van der Waals surface area contributed by atoms with Gasteiger partial charge in [0.05, 0.1) is 18.2 Å². The maximum absolute atomic E-state index is 12.9. The fourth-order valence-corrected chi connectivity index (χ4v) is 4.42. The standard InChI is InChI=1S/C25H38F3N3O3/c1-15(2)22(32)13-18-12-20(31(5)16(3)4)9-10-21(18)30-23(33)14-29-24(34)17-7-6-8-19(11-17)25(26,27)28/h6-8,11,15-16,18,20-22,32H,9-10,12-14H2,1-5H3,(H,29,34)(H,30,33)/t18-,20+,21-,22-/m0/s1. The first kappa shape index (κ1) is 28.1. The van der Waals surface area contributed by atoms with Crippen LogP contribution < -0.4 is 10.6 Å². The predicted molar refractivity (Wildman–Crippen MR) is 125 cm³/mol. The molecule has 1 fully saturated rings. The van der Waals surface area contributed by atoms with Gasteiger partial charge in [0, 0.05) is 23.7 Å². The van der Waals surface area contributed by atoms with Crippen LogP contribution in [-0.2, 0) is 11.0 Å². The molecule has 0 aromatic heterocycles. The maximum atomic E-state index is 12.9. The van der Waals surface area contributed by atoms with E-state index in [4.69, 9.17) is 0 Å². The maximum Gasteiger partial charge on any atom is 0.416 e. The molecule has 34 heavy (non-hydrogen) atoms. The second-order valence-corrected chi connectivity index (χ2v) is 9.97. The number of halogens is 3. The van der Waals surface area contributed by atoms with Gasteiger partial charge in [0.1, 0.15) is 0 Å². The number of alkyl halides is 3. The molecule has 1 aromatic carbocycles. The lowest BCUT2D eigenvalue weighted by atomic mass is 9.76. The van der Waals surface area contributed by atoms with E-state index in [2.05, 4.69) is 36.4 Å². The quantitative estimate of drug-likeness (QED) is 0.497. The molecule has 0 unspecified atom stereocenters. The highest BCUT2D eigenvalue weighted by atomic mass is 19.4. The summed E-state index contributed by atoms with van der Waals surface area (Å²) in [5.41, 5.74) is -1.07. The van der Waals surface area contributed by atoms with Crippen LogP contribution in [0.4, 0.5) is 13.2 Å². The average molecular weight is 486 g/mol. The first-order valence-electron chi connectivity index (χ1n) is 11.9. The number of hydrogen-bond acceptors (Lipinski definition) is 4. The molecule has 0 bridgehead atoms. The number of carbonyl (C=O) groups is 2. The zero-order valence-corrected chi connectivity index (χ0v) is 20.7. The van der Waals surface area contributed by atoms with Crippen LogP contribution in [0.1, 0.15) is 69.3 Å². The van der Waals surface area contributed by atoms with E-state index in [1.807, 2.05) is 13.8 Å². The van der Waals surface area contributed by atoms with Crippen LogP contribution in [-0.4, -0.2) is 59.6 Å². The summed E-state index contributed by atoms with van der Waals surface area (Å²) < 4.78 is 38.7. The monoisotopic (exact) mass is 485 g/mol. The van der Waals surface area contributed by atoms with Crippen molar-refractivity contribution in [3.63, 3.8) is 0 Å². The van der Waals surface area contributed by atoms with Crippen molar-refractivity contribution in [2.24, 2.45) is 11.8 Å². The molecule has 1 aliphatic carbocycles. The van der Waals surface area contributed by atoms with Crippen molar-refractivity contribution in [2.75, 3.05) is 13.6 Å². The van der Waals surface area contributed by atoms with Gasteiger partial charge in [0.25, 0.3) is 5.91 Å². The Labute approximate surface area is 200 Å². The van der Waals surface area contributed by atoms with E-state index in [1.54, 1.807) is 0 Å². The summed E-state index contributed by atoms with van der Waals surface area (Å²) in [6, 6.07) is 4.71. The highest BCUT2D eigenvalue weighted by Crippen LogP contribution is 2.33. The molecule has 0 spiro atoms. The molecule has 2 amide bonds. The Hall–Kier alpha value is -2.13. The zero-order chi connectivity index (χ0) is 25.6. The summed E-state index contributed by atoms with van der Waals surface area (Å²) in [5.74, 6) is -0.952. The molecule has 2 rings (SSSR count). The van der Waals surface area contributed by atoms with Crippen molar-refractivity contribution in [2.45, 2.75) is 83.8 Å². The molecule has 1 aliphatic rings. The second-order valence-electron chi connectivity index (χ2n) is 9.97. The number of nitrogens with one attached hydrogen (secondary N) is 2. The molecule has 0 heterocycles. The average Bonchev–Trinajstić information content (AvgIpc) is 2.77. The van der Waals surface area contributed by atoms with Gasteiger partial charge in [0.2, 0.25) is 5.91 Å². The van der Waals surface area contributed by atoms with E-state index in [0.717, 1.165) is 37.5 Å². The highest BCUT2D eigenvalue weighted by molar-refractivity contribution is 5.96. The van der Waals surface area contributed by atoms with Crippen LogP contribution in [0.25, 0.3) is 0 Å². The summed E-state index contributed by atoms with van der Waals surface area (Å²) in [5, 5.41) is 15.9. The molecule has 4 atom stereocenters. The molecular formula is C25H38F3N3O3. The fraction of sp³-hybridized carbons (Fsp3) is 0.680. The van der Waals surface area contributed by atoms with E-state index >= 15 is 0 Å². The lowest BCUT2D eigenvalue weighted by molar-refractivity contribution is -0.137. The third-order valence-corrected chi connectivity index (χ3v) is 6.87. The Morgan fingerprint density at radius 2 is 1.85 bits per heavy atom. The van der Waals surface area contributed by atoms with Gasteiger partial charge in [-0.15, -0.1) is 0 Å². The Bertz CT molecular complexity index is 829. The largest absolute Gasteiger partial charge is 0.416 e. The molecule has 3 N–H and O–H groups in total. The number of aliphatic hydroxyl groups is 1. The lowest BCUT2D eigenvalue weighted by Crippen LogP contribution is -2.51. The third-order valence-electron chi connectivity index (χ3n) is 6.87. The summed E-state index contributed by atoms with van der Waals surface area (Å²) >= 11 is 0. The normalized spacial score (nSPS) is 22.2. The number of aliphatic hydroxyl groups excluding tert-OH is 1. The predicted octanol–water partition coefficient (Wildman–Crippen LogP) is 3.84. The Kier molecular flexibility index (Phi) is 9.94. The van der Waals surface area contributed by atoms with E-state index in [9.17, 15) is 27.9 Å². The Balaban J connectivity index is 1.99. The van der Waals surface area contributed by atoms with Crippen molar-refractivity contribution < 1.29 is 27.9 Å². The minimum atomic E-state index is -4.55. The zero-order valence-electron chi connectivity index (χ0n) is 20.7. The molecule has 1 aromatic rings. The smallest absolute Gasteiger partial charge is 0.393 e. The molecule has 1 saturated carbocycles. The SMILES string of the molecule is CC(C)[C@@H](O)C[C@@H]1C[C@H](N(C)C(C)C)CC[C@@H]1NC(=O)CNC(=O)c1cccc(C(F)(F)F)c1. The summed E-state index contributed by atoms with van der Waals surface area (Å²) in [6.45, 7) is 7.86. The van der Waals surface area contributed by atoms with Crippen molar-refractivity contribution in [3.8, 4) is 0 Å². The minimum absolute atomic E-state index is 0.0838. The Morgan fingerprint density at radius 3 is 2.44 bits per heavy atom. The van der Waals surface area contributed by atoms with Gasteiger partial charge in [-0.2, -0.15) is 13.2 Å². The van der Waals surface area contributed by atoms with Crippen LogP contribution in [0.3, 0.4) is 0 Å². The van der Waals surface area contributed by atoms with Crippen LogP contribution in [0.2, 0.25) is 0 Å². The lowest BCUT2D eigenvalue weighted by Gasteiger charge is -2.42. The van der Waals surface area contributed by atoms with Crippen molar-refractivity contribution in [3.05, 3.63) is 35.4 Å². The summed E-state index contributed by atoms with van der Waals surface area (Å²) in [4.78, 5) is 27.2. The van der Waals surface area contributed by atoms with Crippen molar-refractivity contribution >= 4 is 11.8 Å². The van der Waals surface area contributed by atoms with Gasteiger partial charge >= 0.3 is 6.18 Å². The second kappa shape index (κ2) is 12.0. The molecule has 6 nitrogen and oxygen atoms in total. The first-order chi connectivity index (χ1) is 15.8. The van der Waals surface area contributed by atoms with Crippen LogP contribution in [0.15, 0.2) is 24.3 Å². The summed E-state index contributed by atoms with van der Waals surface area (Å²) in [6.07, 6.45) is -1.95. The Morgan fingerprint density at radius 1 is 1.18 bits per heavy atom. The fourth-order valence-electron chi connectivity index (χ4n) is 4.42. The number of benzene rings is 1. The van der Waals surface area contributed by atoms with Crippen LogP contribution in [0.5, 0.6) is 0 Å². The number of nitrogens with zero attached hydrogens (tertiary/aromatic N) is 1. The van der Waals surface area contributed by atoms with Crippen molar-refractivity contribution in [1.29, 1.82) is 0 Å². The van der Waals surface area contributed by atoms with Gasteiger partial charge in [-0.05, 0) is 76.6 Å². The molecule has 0 aliphatic heterocycles. The van der Waals surface area contributed by atoms with Gasteiger partial charge in [-0.1, -0.05) is 19.9 Å². The van der Waals surface area contributed by atoms with Gasteiger partial charge in [-0.3, -0.25) is 9.59 Å². The van der Waals surface area contributed by atoms with Crippen molar-refractivity contribution in [1.82, 2.24) is 15.5 Å². The van der Waals surface area contributed by atoms with Gasteiger partial charge < -0.3 is 20.6 Å². The van der Waals surface area contributed by atoms with E-state index in [0.29, 0.717) is 18.5 Å². The van der Waals surface area contributed by atoms with Gasteiger partial charge in [0.15, 0.2) is 0 Å². The van der Waals surface area contributed by atoms with E-state index in [-0.39, 0.29) is 30.0 Å². The number of amides is 2. The molecule has 192 valence electrons. The van der Waals surface area contributed by atoms with Crippen LogP contribution >= 0.6 is 0 Å². The van der Waals surface area contributed by atoms with Crippen LogP contribution in [0, 0.1) is 11.8 Å². The minimum Gasteiger partial charge on any atom is -0.393 e. The molecule has 9 heteroatoms. The number of rotatable bonds is 9. The molecule has 0 saturated heterocycles. The molecular weight excluding hydrogens is 447 g/mol. The first-order valence-corrected chi connectivity index (χ1v) is 11.9. The van der Waals surface area contributed by atoms with E-state index in [1.165, 1.54) is 6.07 Å². The topological polar surface area (TPSA) is 81.7 Å². The number of carbonyl (C=O) groups excluding carboxylic acids is 2. The third kappa shape index (κ3) is 7.98. The van der Waals surface area contributed by atoms with Gasteiger partial charge in [-0.25, -0.2) is 0 Å². The summed E-state index contributed by atoms with van der Waals surface area (Å²) in [7, 11) is 2.09. The number of hydrogen-bond donors (Lipinski definition) is 3. The van der Waals surface area contributed by atoms with E-state index < -0.39 is 29.7 Å².